The molecule has 0 bridgehead atoms. The highest BCUT2D eigenvalue weighted by Crippen LogP contribution is 2.44. The molecule has 0 aliphatic heterocycles. The Morgan fingerprint density at radius 1 is 1.06 bits per heavy atom. The standard InChI is InChI=1S/C24H20N8O2/c1-34-24-20(21(16-4-5-16)26-14-27-24)22-25-12-17-6-9-19(33)31(23(17)29-22)13-15-2-7-18(8-3-15)32-11-10-28-30-32/h2-3,6-12,14,16H,4-5,13H2,1H3. The van der Waals surface area contributed by atoms with Crippen LogP contribution in [0.4, 0.5) is 0 Å². The molecule has 0 N–H and O–H groups in total. The highest BCUT2D eigenvalue weighted by atomic mass is 16.5. The summed E-state index contributed by atoms with van der Waals surface area (Å²) in [4.78, 5) is 31.0. The zero-order chi connectivity index (χ0) is 23.1. The van der Waals surface area contributed by atoms with E-state index in [4.69, 9.17) is 9.72 Å². The number of hydrogen-bond acceptors (Lipinski definition) is 8. The highest BCUT2D eigenvalue weighted by Gasteiger charge is 2.31. The van der Waals surface area contributed by atoms with Crippen LogP contribution in [0, 0.1) is 0 Å². The summed E-state index contributed by atoms with van der Waals surface area (Å²) in [5.74, 6) is 1.24. The summed E-state index contributed by atoms with van der Waals surface area (Å²) in [7, 11) is 1.57. The van der Waals surface area contributed by atoms with E-state index in [1.807, 2.05) is 24.3 Å². The molecule has 4 aromatic heterocycles. The molecule has 168 valence electrons. The first-order chi connectivity index (χ1) is 16.7. The van der Waals surface area contributed by atoms with Gasteiger partial charge in [-0.1, -0.05) is 17.3 Å². The summed E-state index contributed by atoms with van der Waals surface area (Å²) in [6.45, 7) is 0.363. The Hall–Kier alpha value is -4.47. The summed E-state index contributed by atoms with van der Waals surface area (Å²) >= 11 is 0. The van der Waals surface area contributed by atoms with Crippen LogP contribution >= 0.6 is 0 Å². The summed E-state index contributed by atoms with van der Waals surface area (Å²) in [5.41, 5.74) is 3.83. The van der Waals surface area contributed by atoms with E-state index in [-0.39, 0.29) is 5.56 Å². The third-order valence-electron chi connectivity index (χ3n) is 5.91. The van der Waals surface area contributed by atoms with Crippen molar-refractivity contribution in [3.05, 3.63) is 82.9 Å². The van der Waals surface area contributed by atoms with Crippen LogP contribution in [0.3, 0.4) is 0 Å². The molecule has 10 heteroatoms. The lowest BCUT2D eigenvalue weighted by molar-refractivity contribution is 0.397. The second-order valence-corrected chi connectivity index (χ2v) is 8.16. The van der Waals surface area contributed by atoms with Crippen LogP contribution in [0.15, 0.2) is 66.1 Å². The van der Waals surface area contributed by atoms with Crippen molar-refractivity contribution in [1.29, 1.82) is 0 Å². The van der Waals surface area contributed by atoms with Crippen LogP contribution in [0.1, 0.15) is 30.0 Å². The average Bonchev–Trinajstić information content (AvgIpc) is 3.58. The Balaban J connectivity index is 1.43. The van der Waals surface area contributed by atoms with Gasteiger partial charge in [-0.3, -0.25) is 9.36 Å². The molecule has 1 saturated carbocycles. The summed E-state index contributed by atoms with van der Waals surface area (Å²) in [5, 5.41) is 8.61. The molecule has 0 atom stereocenters. The van der Waals surface area contributed by atoms with E-state index in [0.717, 1.165) is 35.2 Å². The number of nitrogens with zero attached hydrogens (tertiary/aromatic N) is 8. The van der Waals surface area contributed by atoms with Crippen LogP contribution in [0.25, 0.3) is 28.1 Å². The van der Waals surface area contributed by atoms with Gasteiger partial charge in [0, 0.05) is 23.6 Å². The van der Waals surface area contributed by atoms with Crippen molar-refractivity contribution in [1.82, 2.24) is 39.5 Å². The van der Waals surface area contributed by atoms with Gasteiger partial charge in [-0.05, 0) is 36.6 Å². The lowest BCUT2D eigenvalue weighted by Crippen LogP contribution is -2.21. The van der Waals surface area contributed by atoms with Crippen LogP contribution in [-0.2, 0) is 6.54 Å². The molecule has 6 rings (SSSR count). The van der Waals surface area contributed by atoms with Gasteiger partial charge in [0.15, 0.2) is 5.82 Å². The van der Waals surface area contributed by atoms with E-state index < -0.39 is 0 Å². The van der Waals surface area contributed by atoms with E-state index in [1.54, 1.807) is 41.0 Å². The largest absolute Gasteiger partial charge is 0.480 e. The number of rotatable bonds is 6. The van der Waals surface area contributed by atoms with E-state index in [2.05, 4.69) is 25.3 Å². The van der Waals surface area contributed by atoms with Gasteiger partial charge in [0.1, 0.15) is 17.5 Å². The minimum Gasteiger partial charge on any atom is -0.480 e. The second-order valence-electron chi connectivity index (χ2n) is 8.16. The normalized spacial score (nSPS) is 13.3. The molecule has 1 aliphatic carbocycles. The minimum atomic E-state index is -0.142. The molecule has 0 spiro atoms. The number of fused-ring (bicyclic) bond motifs is 1. The van der Waals surface area contributed by atoms with Gasteiger partial charge < -0.3 is 4.74 Å². The van der Waals surface area contributed by atoms with Crippen LogP contribution < -0.4 is 10.3 Å². The molecule has 5 aromatic rings. The molecular weight excluding hydrogens is 432 g/mol. The fourth-order valence-corrected chi connectivity index (χ4v) is 4.04. The fourth-order valence-electron chi connectivity index (χ4n) is 4.04. The van der Waals surface area contributed by atoms with E-state index in [9.17, 15) is 4.79 Å². The third kappa shape index (κ3) is 3.58. The zero-order valence-electron chi connectivity index (χ0n) is 18.4. The van der Waals surface area contributed by atoms with Crippen LogP contribution in [0.5, 0.6) is 5.88 Å². The van der Waals surface area contributed by atoms with Gasteiger partial charge in [0.25, 0.3) is 5.56 Å². The number of aromatic nitrogens is 8. The molecule has 1 fully saturated rings. The molecule has 0 saturated heterocycles. The Kier molecular flexibility index (Phi) is 4.83. The van der Waals surface area contributed by atoms with Crippen molar-refractivity contribution >= 4 is 11.0 Å². The number of pyridine rings is 1. The Morgan fingerprint density at radius 3 is 2.65 bits per heavy atom. The molecule has 0 amide bonds. The summed E-state index contributed by atoms with van der Waals surface area (Å²) in [6, 6.07) is 11.1. The van der Waals surface area contributed by atoms with Gasteiger partial charge in [0.05, 0.1) is 37.4 Å². The molecule has 1 aromatic carbocycles. The quantitative estimate of drug-likeness (QED) is 0.386. The predicted octanol–water partition coefficient (Wildman–Crippen LogP) is 2.76. The van der Waals surface area contributed by atoms with Crippen molar-refractivity contribution in [2.45, 2.75) is 25.3 Å². The van der Waals surface area contributed by atoms with Crippen molar-refractivity contribution < 1.29 is 4.74 Å². The Morgan fingerprint density at radius 2 is 1.91 bits per heavy atom. The lowest BCUT2D eigenvalue weighted by atomic mass is 10.1. The maximum Gasteiger partial charge on any atom is 0.252 e. The summed E-state index contributed by atoms with van der Waals surface area (Å²) < 4.78 is 8.84. The molecule has 0 radical (unpaired) electrons. The molecule has 0 unspecified atom stereocenters. The third-order valence-corrected chi connectivity index (χ3v) is 5.91. The zero-order valence-corrected chi connectivity index (χ0v) is 18.4. The molecule has 1 aliphatic rings. The predicted molar refractivity (Wildman–Crippen MR) is 124 cm³/mol. The lowest BCUT2D eigenvalue weighted by Gasteiger charge is -2.13. The highest BCUT2D eigenvalue weighted by molar-refractivity contribution is 5.78. The minimum absolute atomic E-state index is 0.142. The van der Waals surface area contributed by atoms with E-state index in [1.165, 1.54) is 12.4 Å². The van der Waals surface area contributed by atoms with E-state index in [0.29, 0.717) is 35.4 Å². The summed E-state index contributed by atoms with van der Waals surface area (Å²) in [6.07, 6.45) is 8.77. The maximum atomic E-state index is 12.9. The molecule has 10 nitrogen and oxygen atoms in total. The van der Waals surface area contributed by atoms with Crippen LogP contribution in [0.2, 0.25) is 0 Å². The monoisotopic (exact) mass is 452 g/mol. The molecule has 4 heterocycles. The first kappa shape index (κ1) is 20.2. The van der Waals surface area contributed by atoms with E-state index >= 15 is 0 Å². The van der Waals surface area contributed by atoms with Gasteiger partial charge in [-0.15, -0.1) is 5.10 Å². The smallest absolute Gasteiger partial charge is 0.252 e. The van der Waals surface area contributed by atoms with Gasteiger partial charge >= 0.3 is 0 Å². The molecular formula is C24H20N8O2. The van der Waals surface area contributed by atoms with Gasteiger partial charge in [-0.25, -0.2) is 24.6 Å². The Labute approximate surface area is 193 Å². The SMILES string of the molecule is COc1ncnc(C2CC2)c1-c1ncc2ccc(=O)n(Cc3ccc(-n4ccnn4)cc3)c2n1. The molecule has 34 heavy (non-hydrogen) atoms. The first-order valence-corrected chi connectivity index (χ1v) is 10.9. The second kappa shape index (κ2) is 8.14. The first-order valence-electron chi connectivity index (χ1n) is 10.9. The Bertz CT molecular complexity index is 1540. The van der Waals surface area contributed by atoms with Crippen molar-refractivity contribution in [2.24, 2.45) is 0 Å². The average molecular weight is 452 g/mol. The number of benzene rings is 1. The van der Waals surface area contributed by atoms with Crippen molar-refractivity contribution in [2.75, 3.05) is 7.11 Å². The number of methoxy groups -OCH3 is 1. The van der Waals surface area contributed by atoms with Crippen LogP contribution in [-0.4, -0.2) is 46.6 Å². The maximum absolute atomic E-state index is 12.9. The van der Waals surface area contributed by atoms with Crippen molar-refractivity contribution in [3.63, 3.8) is 0 Å². The number of ether oxygens (including phenoxy) is 1. The van der Waals surface area contributed by atoms with Gasteiger partial charge in [-0.2, -0.15) is 0 Å². The fraction of sp³-hybridized carbons (Fsp3) is 0.208. The van der Waals surface area contributed by atoms with Gasteiger partial charge in [0.2, 0.25) is 5.88 Å². The number of hydrogen-bond donors (Lipinski definition) is 0. The van der Waals surface area contributed by atoms with Crippen molar-refractivity contribution in [3.8, 4) is 23.0 Å². The topological polar surface area (TPSA) is 114 Å².